The number of hydrogen-bond acceptors (Lipinski definition) is 3. The van der Waals surface area contributed by atoms with Gasteiger partial charge in [-0.15, -0.1) is 0 Å². The largest absolute Gasteiger partial charge is 0.475 e. The van der Waals surface area contributed by atoms with Crippen LogP contribution in [0.2, 0.25) is 0 Å². The Morgan fingerprint density at radius 1 is 1.40 bits per heavy atom. The lowest BCUT2D eigenvalue weighted by Gasteiger charge is -2.04. The summed E-state index contributed by atoms with van der Waals surface area (Å²) >= 11 is 0. The fourth-order valence-corrected chi connectivity index (χ4v) is 1.20. The molecule has 0 aliphatic rings. The van der Waals surface area contributed by atoms with Crippen molar-refractivity contribution in [3.8, 4) is 0 Å². The first kappa shape index (κ1) is 10.9. The number of nitrogens with two attached hydrogens (primary N) is 1. The Morgan fingerprint density at radius 3 is 2.40 bits per heavy atom. The fraction of sp³-hybridized carbons (Fsp3) is 0.100. The number of nitrogen functional groups attached to an aromatic ring is 1. The quantitative estimate of drug-likeness (QED) is 0.290. The average Bonchev–Trinajstić information content (AvgIpc) is 2.16. The monoisotopic (exact) mass is 206 g/mol. The van der Waals surface area contributed by atoms with Crippen molar-refractivity contribution in [2.75, 3.05) is 0 Å². The second-order valence-electron chi connectivity index (χ2n) is 3.08. The zero-order valence-corrected chi connectivity index (χ0v) is 8.07. The summed E-state index contributed by atoms with van der Waals surface area (Å²) in [6.45, 7) is 1.60. The summed E-state index contributed by atoms with van der Waals surface area (Å²) in [5.41, 5.74) is 6.33. The maximum atomic E-state index is 11.2. The van der Waals surface area contributed by atoms with Gasteiger partial charge in [-0.2, -0.15) is 0 Å². The van der Waals surface area contributed by atoms with Crippen molar-refractivity contribution in [1.82, 2.24) is 0 Å². The molecule has 0 aliphatic carbocycles. The van der Waals surface area contributed by atoms with Crippen LogP contribution in [0.25, 0.3) is 0 Å². The van der Waals surface area contributed by atoms with Gasteiger partial charge in [-0.25, -0.2) is 4.79 Å². The van der Waals surface area contributed by atoms with Crippen LogP contribution in [0.5, 0.6) is 0 Å². The van der Waals surface area contributed by atoms with Crippen molar-refractivity contribution in [1.29, 1.82) is 5.41 Å². The molecule has 0 radical (unpaired) electrons. The van der Waals surface area contributed by atoms with Crippen LogP contribution in [0.4, 0.5) is 0 Å². The van der Waals surface area contributed by atoms with Crippen LogP contribution in [0, 0.1) is 12.3 Å². The van der Waals surface area contributed by atoms with E-state index in [0.717, 1.165) is 0 Å². The molecule has 0 bridgehead atoms. The highest BCUT2D eigenvalue weighted by Crippen LogP contribution is 2.11. The molecule has 0 aromatic heterocycles. The van der Waals surface area contributed by atoms with Crippen LogP contribution in [0.15, 0.2) is 18.2 Å². The first-order valence-electron chi connectivity index (χ1n) is 4.16. The van der Waals surface area contributed by atoms with Crippen LogP contribution in [-0.2, 0) is 4.79 Å². The molecule has 15 heavy (non-hydrogen) atoms. The topological polar surface area (TPSA) is 104 Å². The van der Waals surface area contributed by atoms with E-state index >= 15 is 0 Å². The molecule has 0 aliphatic heterocycles. The summed E-state index contributed by atoms with van der Waals surface area (Å²) in [6.07, 6.45) is 0. The first-order valence-corrected chi connectivity index (χ1v) is 4.16. The third-order valence-corrected chi connectivity index (χ3v) is 1.98. The van der Waals surface area contributed by atoms with E-state index in [-0.39, 0.29) is 11.4 Å². The van der Waals surface area contributed by atoms with E-state index in [1.165, 1.54) is 18.2 Å². The Hall–Kier alpha value is -2.17. The Bertz CT molecular complexity index is 452. The molecule has 1 rings (SSSR count). The van der Waals surface area contributed by atoms with Crippen molar-refractivity contribution < 1.29 is 14.7 Å². The molecule has 1 aromatic rings. The minimum atomic E-state index is -1.49. The molecular weight excluding hydrogens is 196 g/mol. The molecule has 0 saturated heterocycles. The number of rotatable bonds is 3. The zero-order valence-electron chi connectivity index (χ0n) is 8.07. The second kappa shape index (κ2) is 3.91. The van der Waals surface area contributed by atoms with Gasteiger partial charge in [0.15, 0.2) is 0 Å². The number of benzene rings is 1. The molecule has 5 nitrogen and oxygen atoms in total. The highest BCUT2D eigenvalue weighted by molar-refractivity contribution is 6.40. The predicted molar refractivity (Wildman–Crippen MR) is 54.2 cm³/mol. The number of hydrogen-bond donors (Lipinski definition) is 3. The number of nitrogens with one attached hydrogen (secondary N) is 1. The van der Waals surface area contributed by atoms with E-state index in [9.17, 15) is 9.59 Å². The molecule has 5 heteroatoms. The van der Waals surface area contributed by atoms with Gasteiger partial charge in [0.2, 0.25) is 0 Å². The maximum Gasteiger partial charge on any atom is 0.377 e. The van der Waals surface area contributed by atoms with Gasteiger partial charge in [-0.05, 0) is 24.6 Å². The summed E-state index contributed by atoms with van der Waals surface area (Å²) in [7, 11) is 0. The molecular formula is C10H10N2O3. The standard InChI is InChI=1S/C10H10N2O3/c1-5-4-6(9(11)12)2-3-7(5)8(13)10(14)15/h2-4H,1H3,(H3,11,12)(H,14,15). The van der Waals surface area contributed by atoms with Gasteiger partial charge in [0.05, 0.1) is 0 Å². The fourth-order valence-electron chi connectivity index (χ4n) is 1.20. The van der Waals surface area contributed by atoms with Crippen molar-refractivity contribution >= 4 is 17.6 Å². The Labute approximate surface area is 86.0 Å². The van der Waals surface area contributed by atoms with Crippen molar-refractivity contribution in [2.45, 2.75) is 6.92 Å². The molecule has 0 fully saturated rings. The summed E-state index contributed by atoms with van der Waals surface area (Å²) in [5.74, 6) is -2.57. The lowest BCUT2D eigenvalue weighted by Crippen LogP contribution is -2.16. The molecule has 0 amide bonds. The third kappa shape index (κ3) is 2.19. The Balaban J connectivity index is 3.19. The number of amidine groups is 1. The van der Waals surface area contributed by atoms with E-state index in [1.807, 2.05) is 0 Å². The number of carboxylic acid groups (broad SMARTS) is 1. The lowest BCUT2D eigenvalue weighted by atomic mass is 10.0. The van der Waals surface area contributed by atoms with Gasteiger partial charge in [0.25, 0.3) is 5.78 Å². The van der Waals surface area contributed by atoms with Gasteiger partial charge in [-0.3, -0.25) is 10.2 Å². The van der Waals surface area contributed by atoms with E-state index in [2.05, 4.69) is 0 Å². The second-order valence-corrected chi connectivity index (χ2v) is 3.08. The van der Waals surface area contributed by atoms with Crippen molar-refractivity contribution in [3.63, 3.8) is 0 Å². The SMILES string of the molecule is Cc1cc(C(=N)N)ccc1C(=O)C(=O)O. The number of aliphatic carboxylic acids is 1. The highest BCUT2D eigenvalue weighted by atomic mass is 16.4. The third-order valence-electron chi connectivity index (χ3n) is 1.98. The van der Waals surface area contributed by atoms with E-state index in [4.69, 9.17) is 16.2 Å². The van der Waals surface area contributed by atoms with E-state index in [0.29, 0.717) is 11.1 Å². The molecule has 4 N–H and O–H groups in total. The molecule has 0 atom stereocenters. The van der Waals surface area contributed by atoms with E-state index in [1.54, 1.807) is 6.92 Å². The number of Topliss-reactive ketones (excluding diaryl/α,β-unsaturated/α-hetero) is 1. The number of ketones is 1. The molecule has 0 saturated carbocycles. The van der Waals surface area contributed by atoms with Crippen LogP contribution >= 0.6 is 0 Å². The van der Waals surface area contributed by atoms with E-state index < -0.39 is 11.8 Å². The van der Waals surface area contributed by atoms with Crippen LogP contribution < -0.4 is 5.73 Å². The minimum absolute atomic E-state index is 0.118. The summed E-state index contributed by atoms with van der Waals surface area (Å²) < 4.78 is 0. The number of carboxylic acids is 1. The summed E-state index contributed by atoms with van der Waals surface area (Å²) in [6, 6.07) is 4.33. The maximum absolute atomic E-state index is 11.2. The Kier molecular flexibility index (Phi) is 2.85. The Morgan fingerprint density at radius 2 is 2.00 bits per heavy atom. The first-order chi connectivity index (χ1) is 6.93. The van der Waals surface area contributed by atoms with Gasteiger partial charge >= 0.3 is 5.97 Å². The van der Waals surface area contributed by atoms with Gasteiger partial charge in [0, 0.05) is 11.1 Å². The average molecular weight is 206 g/mol. The zero-order chi connectivity index (χ0) is 11.6. The van der Waals surface area contributed by atoms with Crippen LogP contribution in [-0.4, -0.2) is 22.7 Å². The molecule has 0 unspecified atom stereocenters. The van der Waals surface area contributed by atoms with Gasteiger partial charge in [-0.1, -0.05) is 6.07 Å². The van der Waals surface area contributed by atoms with Gasteiger partial charge < -0.3 is 10.8 Å². The lowest BCUT2D eigenvalue weighted by molar-refractivity contribution is -0.131. The predicted octanol–water partition coefficient (Wildman–Crippen LogP) is 0.546. The molecule has 0 heterocycles. The highest BCUT2D eigenvalue weighted by Gasteiger charge is 2.16. The summed E-state index contributed by atoms with van der Waals surface area (Å²) in [5, 5.41) is 15.7. The normalized spacial score (nSPS) is 9.67. The minimum Gasteiger partial charge on any atom is -0.475 e. The molecule has 0 spiro atoms. The van der Waals surface area contributed by atoms with Crippen LogP contribution in [0.1, 0.15) is 21.5 Å². The molecule has 1 aromatic carbocycles. The van der Waals surface area contributed by atoms with Crippen molar-refractivity contribution in [3.05, 3.63) is 34.9 Å². The van der Waals surface area contributed by atoms with Crippen molar-refractivity contribution in [2.24, 2.45) is 5.73 Å². The smallest absolute Gasteiger partial charge is 0.377 e. The number of aryl methyl sites for hydroxylation is 1. The number of carbonyl (C=O) groups excluding carboxylic acids is 1. The van der Waals surface area contributed by atoms with Gasteiger partial charge in [0.1, 0.15) is 5.84 Å². The van der Waals surface area contributed by atoms with Crippen LogP contribution in [0.3, 0.4) is 0 Å². The molecule has 78 valence electrons. The summed E-state index contributed by atoms with van der Waals surface area (Å²) in [4.78, 5) is 21.6. The number of carbonyl (C=O) groups is 2.